The topological polar surface area (TPSA) is 108 Å². The van der Waals surface area contributed by atoms with Gasteiger partial charge in [0.15, 0.2) is 0 Å². The van der Waals surface area contributed by atoms with Crippen LogP contribution in [0.2, 0.25) is 5.02 Å². The number of alkyl halides is 3. The number of benzene rings is 2. The summed E-state index contributed by atoms with van der Waals surface area (Å²) < 4.78 is 41.1. The molecule has 0 radical (unpaired) electrons. The molecule has 3 fully saturated rings. The van der Waals surface area contributed by atoms with Crippen molar-refractivity contribution < 1.29 is 32.7 Å². The molecular formula is C34H42ClF3N6O4. The zero-order valence-electron chi connectivity index (χ0n) is 26.8. The van der Waals surface area contributed by atoms with E-state index in [9.17, 15) is 32.7 Å². The molecule has 1 atom stereocenters. The highest BCUT2D eigenvalue weighted by molar-refractivity contribution is 6.32. The monoisotopic (exact) mass is 690 g/mol. The molecule has 1 unspecified atom stereocenters. The van der Waals surface area contributed by atoms with Gasteiger partial charge in [-0.3, -0.25) is 4.79 Å². The van der Waals surface area contributed by atoms with E-state index in [1.807, 2.05) is 24.3 Å². The number of aromatic hydroxyl groups is 1. The fraction of sp³-hybridized carbons (Fsp3) is 0.559. The molecule has 5 amide bonds. The van der Waals surface area contributed by atoms with Crippen molar-refractivity contribution in [1.82, 2.24) is 24.9 Å². The summed E-state index contributed by atoms with van der Waals surface area (Å²) >= 11 is 5.99. The first-order valence-corrected chi connectivity index (χ1v) is 17.2. The number of rotatable bonds is 6. The fourth-order valence-corrected chi connectivity index (χ4v) is 7.76. The summed E-state index contributed by atoms with van der Waals surface area (Å²) in [6.45, 7) is 4.23. The molecule has 4 heterocycles. The zero-order valence-corrected chi connectivity index (χ0v) is 27.5. The van der Waals surface area contributed by atoms with E-state index in [1.54, 1.807) is 14.7 Å². The van der Waals surface area contributed by atoms with Crippen molar-refractivity contribution in [2.24, 2.45) is 0 Å². The molecule has 0 aliphatic carbocycles. The summed E-state index contributed by atoms with van der Waals surface area (Å²) in [7, 11) is 0. The van der Waals surface area contributed by atoms with Crippen molar-refractivity contribution >= 4 is 35.3 Å². The van der Waals surface area contributed by atoms with Crippen LogP contribution in [-0.4, -0.2) is 100 Å². The summed E-state index contributed by atoms with van der Waals surface area (Å²) in [5.74, 6) is -1.44. The number of halogens is 4. The second-order valence-electron chi connectivity index (χ2n) is 13.3. The summed E-state index contributed by atoms with van der Waals surface area (Å²) in [4.78, 5) is 47.9. The molecule has 6 rings (SSSR count). The Kier molecular flexibility index (Phi) is 10.3. The molecule has 48 heavy (non-hydrogen) atoms. The number of para-hydroxylation sites is 1. The van der Waals surface area contributed by atoms with Gasteiger partial charge in [0.1, 0.15) is 11.8 Å². The van der Waals surface area contributed by atoms with Crippen molar-refractivity contribution in [2.45, 2.75) is 82.2 Å². The molecule has 260 valence electrons. The largest absolute Gasteiger partial charge is 0.506 e. The second-order valence-corrected chi connectivity index (χ2v) is 13.7. The number of phenolic OH excluding ortho intramolecular Hbond substituents is 1. The van der Waals surface area contributed by atoms with Crippen LogP contribution >= 0.6 is 11.6 Å². The van der Waals surface area contributed by atoms with Crippen LogP contribution in [0.4, 0.5) is 28.4 Å². The first-order valence-electron chi connectivity index (χ1n) is 16.8. The fourth-order valence-electron chi connectivity index (χ4n) is 7.52. The van der Waals surface area contributed by atoms with E-state index in [1.165, 1.54) is 25.3 Å². The summed E-state index contributed by atoms with van der Waals surface area (Å²) in [6, 6.07) is 8.08. The predicted octanol–water partition coefficient (Wildman–Crippen LogP) is 5.67. The number of urea groups is 2. The lowest BCUT2D eigenvalue weighted by Gasteiger charge is -2.42. The normalized spacial score (nSPS) is 20.7. The lowest BCUT2D eigenvalue weighted by atomic mass is 9.97. The van der Waals surface area contributed by atoms with E-state index in [2.05, 4.69) is 15.5 Å². The van der Waals surface area contributed by atoms with E-state index in [4.69, 9.17) is 11.6 Å². The van der Waals surface area contributed by atoms with E-state index in [0.29, 0.717) is 51.6 Å². The van der Waals surface area contributed by atoms with Crippen molar-refractivity contribution in [3.63, 3.8) is 0 Å². The molecule has 0 bridgehead atoms. The molecule has 10 nitrogen and oxygen atoms in total. The number of phenols is 1. The number of likely N-dealkylation sites (tertiary alicyclic amines) is 3. The molecule has 0 aromatic heterocycles. The smallest absolute Gasteiger partial charge is 0.420 e. The van der Waals surface area contributed by atoms with Crippen molar-refractivity contribution in [3.05, 3.63) is 58.1 Å². The van der Waals surface area contributed by atoms with Gasteiger partial charge in [-0.15, -0.1) is 0 Å². The van der Waals surface area contributed by atoms with E-state index >= 15 is 0 Å². The lowest BCUT2D eigenvalue weighted by molar-refractivity contribution is -0.138. The van der Waals surface area contributed by atoms with Crippen LogP contribution < -0.4 is 10.6 Å². The van der Waals surface area contributed by atoms with Gasteiger partial charge in [-0.2, -0.15) is 13.2 Å². The Morgan fingerprint density at radius 2 is 1.58 bits per heavy atom. The Balaban J connectivity index is 1.13. The third-order valence-corrected chi connectivity index (χ3v) is 10.5. The quantitative estimate of drug-likeness (QED) is 0.362. The van der Waals surface area contributed by atoms with Gasteiger partial charge >= 0.3 is 18.2 Å². The van der Waals surface area contributed by atoms with E-state index in [0.717, 1.165) is 43.2 Å². The SMILES string of the molecule is O=C(NC(Cc1cc(Cl)c(O)c(C(F)(F)F)c1)C(=O)N1CCC(N2CCCCC2)CC1)N1CCC(N2Cc3ccccc3NC2=O)CC1. The molecule has 2 aromatic carbocycles. The van der Waals surface area contributed by atoms with Crippen molar-refractivity contribution in [2.75, 3.05) is 44.6 Å². The number of hydrogen-bond acceptors (Lipinski definition) is 5. The summed E-state index contributed by atoms with van der Waals surface area (Å²) in [5.41, 5.74) is 0.583. The number of nitrogens with zero attached hydrogens (tertiary/aromatic N) is 4. The second kappa shape index (κ2) is 14.4. The average molecular weight is 691 g/mol. The van der Waals surface area contributed by atoms with Gasteiger partial charge in [-0.1, -0.05) is 36.2 Å². The van der Waals surface area contributed by atoms with Gasteiger partial charge in [-0.05, 0) is 80.9 Å². The van der Waals surface area contributed by atoms with Crippen LogP contribution in [0.3, 0.4) is 0 Å². The molecular weight excluding hydrogens is 649 g/mol. The van der Waals surface area contributed by atoms with E-state index < -0.39 is 34.6 Å². The zero-order chi connectivity index (χ0) is 34.0. The molecule has 0 spiro atoms. The van der Waals surface area contributed by atoms with Gasteiger partial charge in [0.2, 0.25) is 5.91 Å². The average Bonchev–Trinajstić information content (AvgIpc) is 3.09. The molecule has 3 saturated heterocycles. The van der Waals surface area contributed by atoms with Gasteiger partial charge in [0.05, 0.1) is 10.6 Å². The molecule has 4 aliphatic heterocycles. The number of piperidine rings is 3. The minimum Gasteiger partial charge on any atom is -0.506 e. The van der Waals surface area contributed by atoms with Crippen molar-refractivity contribution in [1.29, 1.82) is 0 Å². The minimum absolute atomic E-state index is 0.0714. The highest BCUT2D eigenvalue weighted by atomic mass is 35.5. The highest BCUT2D eigenvalue weighted by Crippen LogP contribution is 2.40. The van der Waals surface area contributed by atoms with Crippen LogP contribution in [-0.2, 0) is 23.9 Å². The third kappa shape index (κ3) is 7.62. The molecule has 14 heteroatoms. The Morgan fingerprint density at radius 3 is 2.27 bits per heavy atom. The highest BCUT2D eigenvalue weighted by Gasteiger charge is 2.38. The number of amides is 5. The predicted molar refractivity (Wildman–Crippen MR) is 175 cm³/mol. The number of carbonyl (C=O) groups is 3. The first-order chi connectivity index (χ1) is 23.0. The van der Waals surface area contributed by atoms with Crippen LogP contribution in [0.5, 0.6) is 5.75 Å². The van der Waals surface area contributed by atoms with Crippen LogP contribution in [0.1, 0.15) is 61.6 Å². The number of carbonyl (C=O) groups excluding carboxylic acids is 3. The minimum atomic E-state index is -4.86. The molecule has 3 N–H and O–H groups in total. The first kappa shape index (κ1) is 34.2. The van der Waals surface area contributed by atoms with Gasteiger partial charge in [-0.25, -0.2) is 9.59 Å². The number of fused-ring (bicyclic) bond motifs is 1. The Morgan fingerprint density at radius 1 is 0.938 bits per heavy atom. The standard InChI is InChI=1S/C34H42ClF3N6O4/c35-27-19-22(18-26(30(27)45)34(36,37)38)20-29(31(46)42-14-8-24(9-15-42)41-12-4-1-5-13-41)40-32(47)43-16-10-25(11-17-43)44-21-23-6-2-3-7-28(23)39-33(44)48/h2-3,6-7,18-19,24-25,29,45H,1,4-5,8-17,20-21H2,(H,39,48)(H,40,47). The summed E-state index contributed by atoms with van der Waals surface area (Å²) in [6.07, 6.45) is 1.12. The Bertz CT molecular complexity index is 1500. The van der Waals surface area contributed by atoms with Crippen LogP contribution in [0.25, 0.3) is 0 Å². The van der Waals surface area contributed by atoms with Crippen molar-refractivity contribution in [3.8, 4) is 5.75 Å². The number of nitrogens with one attached hydrogen (secondary N) is 2. The Hall–Kier alpha value is -3.71. The molecule has 0 saturated carbocycles. The van der Waals surface area contributed by atoms with Gasteiger partial charge < -0.3 is 35.3 Å². The maximum absolute atomic E-state index is 14.0. The van der Waals surface area contributed by atoms with Crippen LogP contribution in [0, 0.1) is 0 Å². The number of hydrogen-bond donors (Lipinski definition) is 3. The maximum Gasteiger partial charge on any atom is 0.420 e. The maximum atomic E-state index is 14.0. The van der Waals surface area contributed by atoms with Gasteiger partial charge in [0, 0.05) is 56.9 Å². The van der Waals surface area contributed by atoms with Gasteiger partial charge in [0.25, 0.3) is 0 Å². The van der Waals surface area contributed by atoms with E-state index in [-0.39, 0.29) is 30.0 Å². The molecule has 2 aromatic rings. The van der Waals surface area contributed by atoms with Crippen LogP contribution in [0.15, 0.2) is 36.4 Å². The third-order valence-electron chi connectivity index (χ3n) is 10.2. The lowest BCUT2D eigenvalue weighted by Crippen LogP contribution is -2.57. The summed E-state index contributed by atoms with van der Waals surface area (Å²) in [5, 5.41) is 15.3. The number of anilines is 1. The molecule has 4 aliphatic rings. The Labute approximate surface area is 283 Å².